The van der Waals surface area contributed by atoms with E-state index in [-0.39, 0.29) is 22.8 Å². The Morgan fingerprint density at radius 2 is 1.93 bits per heavy atom. The Balaban J connectivity index is 1.49. The van der Waals surface area contributed by atoms with Crippen LogP contribution < -0.4 is 5.32 Å². The maximum Gasteiger partial charge on any atom is 0.246 e. The monoisotopic (exact) mass is 413 g/mol. The van der Waals surface area contributed by atoms with E-state index in [0.29, 0.717) is 38.2 Å². The van der Waals surface area contributed by atoms with Gasteiger partial charge in [-0.05, 0) is 26.7 Å². The second kappa shape index (κ2) is 8.89. The third-order valence-electron chi connectivity index (χ3n) is 5.65. The molecule has 1 atom stereocenters. The van der Waals surface area contributed by atoms with Crippen LogP contribution in [-0.2, 0) is 26.6 Å². The summed E-state index contributed by atoms with van der Waals surface area (Å²) in [4.78, 5) is 15.1. The number of amides is 1. The van der Waals surface area contributed by atoms with E-state index in [1.54, 1.807) is 14.0 Å². The quantitative estimate of drug-likeness (QED) is 0.703. The molecule has 0 saturated carbocycles. The van der Waals surface area contributed by atoms with Gasteiger partial charge in [0, 0.05) is 57.9 Å². The van der Waals surface area contributed by atoms with Crippen molar-refractivity contribution >= 4 is 15.9 Å². The largest absolute Gasteiger partial charge is 0.379 e. The van der Waals surface area contributed by atoms with Crippen LogP contribution in [-0.4, -0.2) is 85.3 Å². The van der Waals surface area contributed by atoms with Gasteiger partial charge in [-0.15, -0.1) is 0 Å². The Hall–Kier alpha value is -1.49. The van der Waals surface area contributed by atoms with E-state index in [9.17, 15) is 13.2 Å². The fourth-order valence-electron chi connectivity index (χ4n) is 3.87. The van der Waals surface area contributed by atoms with Crippen molar-refractivity contribution in [2.75, 3.05) is 45.9 Å². The molecule has 0 aliphatic carbocycles. The van der Waals surface area contributed by atoms with Crippen LogP contribution in [0.1, 0.15) is 25.5 Å². The molecule has 3 heterocycles. The highest BCUT2D eigenvalue weighted by molar-refractivity contribution is 7.89. The number of hydrogen-bond acceptors (Lipinski definition) is 6. The number of aromatic nitrogens is 2. The molecule has 10 heteroatoms. The van der Waals surface area contributed by atoms with E-state index in [0.717, 1.165) is 26.3 Å². The van der Waals surface area contributed by atoms with Gasteiger partial charge in [0.15, 0.2) is 0 Å². The second-order valence-electron chi connectivity index (χ2n) is 7.67. The summed E-state index contributed by atoms with van der Waals surface area (Å²) in [6.07, 6.45) is 2.61. The van der Waals surface area contributed by atoms with E-state index >= 15 is 0 Å². The highest BCUT2D eigenvalue weighted by Crippen LogP contribution is 2.25. The molecule has 2 aliphatic rings. The van der Waals surface area contributed by atoms with Gasteiger partial charge in [0.05, 0.1) is 18.9 Å². The van der Waals surface area contributed by atoms with Crippen LogP contribution in [0.5, 0.6) is 0 Å². The van der Waals surface area contributed by atoms with Crippen LogP contribution in [0.15, 0.2) is 11.1 Å². The summed E-state index contributed by atoms with van der Waals surface area (Å²) in [5, 5.41) is 7.17. The van der Waals surface area contributed by atoms with Crippen molar-refractivity contribution in [2.24, 2.45) is 13.0 Å². The zero-order chi connectivity index (χ0) is 20.3. The lowest BCUT2D eigenvalue weighted by Crippen LogP contribution is -2.49. The van der Waals surface area contributed by atoms with Crippen molar-refractivity contribution in [1.29, 1.82) is 0 Å². The highest BCUT2D eigenvalue weighted by atomic mass is 32.2. The van der Waals surface area contributed by atoms with Crippen LogP contribution in [0.3, 0.4) is 0 Å². The molecule has 2 saturated heterocycles. The number of rotatable bonds is 6. The molecule has 158 valence electrons. The van der Waals surface area contributed by atoms with E-state index in [2.05, 4.69) is 22.2 Å². The van der Waals surface area contributed by atoms with Crippen molar-refractivity contribution in [1.82, 2.24) is 24.3 Å². The number of ether oxygens (including phenoxy) is 1. The molecule has 2 aliphatic heterocycles. The predicted octanol–water partition coefficient (Wildman–Crippen LogP) is -0.0339. The fraction of sp³-hybridized carbons (Fsp3) is 0.778. The molecule has 3 rings (SSSR count). The SMILES string of the molecule is Cc1nn(C)cc1S(=O)(=O)N1CCC(C(=O)NC[C@H](C)N2CCOCC2)CC1. The molecule has 0 aromatic carbocycles. The molecule has 1 aromatic rings. The van der Waals surface area contributed by atoms with Gasteiger partial charge in [0.1, 0.15) is 4.90 Å². The first kappa shape index (κ1) is 21.2. The van der Waals surface area contributed by atoms with Gasteiger partial charge < -0.3 is 10.1 Å². The second-order valence-corrected chi connectivity index (χ2v) is 9.58. The number of carbonyl (C=O) groups excluding carboxylic acids is 1. The van der Waals surface area contributed by atoms with E-state index < -0.39 is 10.0 Å². The van der Waals surface area contributed by atoms with Gasteiger partial charge in [0.25, 0.3) is 0 Å². The van der Waals surface area contributed by atoms with Gasteiger partial charge in [-0.1, -0.05) is 0 Å². The van der Waals surface area contributed by atoms with Gasteiger partial charge in [0.2, 0.25) is 15.9 Å². The Bertz CT molecular complexity index is 780. The zero-order valence-electron chi connectivity index (χ0n) is 16.9. The normalized spacial score (nSPS) is 21.5. The summed E-state index contributed by atoms with van der Waals surface area (Å²) < 4.78 is 34.0. The van der Waals surface area contributed by atoms with E-state index in [1.807, 2.05) is 0 Å². The molecule has 0 unspecified atom stereocenters. The average molecular weight is 414 g/mol. The molecule has 0 radical (unpaired) electrons. The van der Waals surface area contributed by atoms with Crippen LogP contribution in [0.4, 0.5) is 0 Å². The third-order valence-corrected chi connectivity index (χ3v) is 7.65. The Labute approximate surface area is 167 Å². The first-order chi connectivity index (χ1) is 13.3. The lowest BCUT2D eigenvalue weighted by atomic mass is 9.97. The van der Waals surface area contributed by atoms with Crippen molar-refractivity contribution in [3.05, 3.63) is 11.9 Å². The van der Waals surface area contributed by atoms with Crippen molar-refractivity contribution in [3.8, 4) is 0 Å². The minimum atomic E-state index is -3.56. The molecule has 1 N–H and O–H groups in total. The molecular formula is C18H31N5O4S. The Morgan fingerprint density at radius 1 is 1.29 bits per heavy atom. The van der Waals surface area contributed by atoms with Crippen LogP contribution in [0, 0.1) is 12.8 Å². The Kier molecular flexibility index (Phi) is 6.74. The number of carbonyl (C=O) groups is 1. The lowest BCUT2D eigenvalue weighted by Gasteiger charge is -2.33. The first-order valence-corrected chi connectivity index (χ1v) is 11.3. The van der Waals surface area contributed by atoms with Gasteiger partial charge in [-0.25, -0.2) is 8.42 Å². The molecular weight excluding hydrogens is 382 g/mol. The maximum atomic E-state index is 12.8. The summed E-state index contributed by atoms with van der Waals surface area (Å²) in [6.45, 7) is 8.37. The van der Waals surface area contributed by atoms with Crippen LogP contribution >= 0.6 is 0 Å². The molecule has 2 fully saturated rings. The summed E-state index contributed by atoms with van der Waals surface area (Å²) in [7, 11) is -1.85. The van der Waals surface area contributed by atoms with Gasteiger partial charge in [-0.3, -0.25) is 14.4 Å². The van der Waals surface area contributed by atoms with E-state index in [1.165, 1.54) is 15.2 Å². The number of piperidine rings is 1. The minimum Gasteiger partial charge on any atom is -0.379 e. The maximum absolute atomic E-state index is 12.8. The summed E-state index contributed by atoms with van der Waals surface area (Å²) in [5.41, 5.74) is 0.500. The molecule has 9 nitrogen and oxygen atoms in total. The minimum absolute atomic E-state index is 0.0229. The molecule has 28 heavy (non-hydrogen) atoms. The number of nitrogens with one attached hydrogen (secondary N) is 1. The fourth-order valence-corrected chi connectivity index (χ4v) is 5.54. The lowest BCUT2D eigenvalue weighted by molar-refractivity contribution is -0.126. The van der Waals surface area contributed by atoms with Crippen molar-refractivity contribution in [3.63, 3.8) is 0 Å². The molecule has 1 amide bonds. The number of hydrogen-bond donors (Lipinski definition) is 1. The predicted molar refractivity (Wildman–Crippen MR) is 104 cm³/mol. The number of morpholine rings is 1. The first-order valence-electron chi connectivity index (χ1n) is 9.89. The highest BCUT2D eigenvalue weighted by Gasteiger charge is 2.34. The molecule has 1 aromatic heterocycles. The van der Waals surface area contributed by atoms with Crippen molar-refractivity contribution in [2.45, 2.75) is 37.6 Å². The summed E-state index contributed by atoms with van der Waals surface area (Å²) in [5.74, 6) is -0.118. The molecule has 0 bridgehead atoms. The van der Waals surface area contributed by atoms with Crippen molar-refractivity contribution < 1.29 is 17.9 Å². The number of aryl methyl sites for hydroxylation is 2. The summed E-state index contributed by atoms with van der Waals surface area (Å²) >= 11 is 0. The van der Waals surface area contributed by atoms with Crippen LogP contribution in [0.25, 0.3) is 0 Å². The topological polar surface area (TPSA) is 96.8 Å². The van der Waals surface area contributed by atoms with Crippen LogP contribution in [0.2, 0.25) is 0 Å². The zero-order valence-corrected chi connectivity index (χ0v) is 17.7. The third kappa shape index (κ3) is 4.73. The van der Waals surface area contributed by atoms with Gasteiger partial charge >= 0.3 is 0 Å². The molecule has 0 spiro atoms. The number of sulfonamides is 1. The number of nitrogens with zero attached hydrogens (tertiary/aromatic N) is 4. The van der Waals surface area contributed by atoms with Gasteiger partial charge in [-0.2, -0.15) is 9.40 Å². The van der Waals surface area contributed by atoms with E-state index in [4.69, 9.17) is 4.74 Å². The summed E-state index contributed by atoms with van der Waals surface area (Å²) in [6, 6.07) is 0.266. The smallest absolute Gasteiger partial charge is 0.246 e. The Morgan fingerprint density at radius 3 is 2.50 bits per heavy atom. The average Bonchev–Trinajstić information content (AvgIpc) is 3.05. The standard InChI is InChI=1S/C18H31N5O4S/c1-14(22-8-10-27-11-9-22)12-19-18(24)16-4-6-23(7-5-16)28(25,26)17-13-21(3)20-15(17)2/h13-14,16H,4-12H2,1-3H3,(H,19,24)/t14-/m0/s1.